The van der Waals surface area contributed by atoms with Gasteiger partial charge >= 0.3 is 0 Å². The molecule has 2 aromatic carbocycles. The van der Waals surface area contributed by atoms with Gasteiger partial charge in [0.15, 0.2) is 5.78 Å². The first-order valence-electron chi connectivity index (χ1n) is 12.5. The number of nitrogens with two attached hydrogens (primary N) is 1. The van der Waals surface area contributed by atoms with Gasteiger partial charge in [-0.15, -0.1) is 11.3 Å². The second kappa shape index (κ2) is 14.2. The van der Waals surface area contributed by atoms with Crippen molar-refractivity contribution in [3.05, 3.63) is 86.8 Å². The summed E-state index contributed by atoms with van der Waals surface area (Å²) < 4.78 is 0. The molecule has 1 aromatic heterocycles. The van der Waals surface area contributed by atoms with Gasteiger partial charge in [0.25, 0.3) is 0 Å². The second-order valence-electron chi connectivity index (χ2n) is 8.85. The highest BCUT2D eigenvalue weighted by Gasteiger charge is 2.20. The van der Waals surface area contributed by atoms with E-state index in [0.717, 1.165) is 24.1 Å². The molecule has 0 bridgehead atoms. The molecule has 0 aliphatic rings. The van der Waals surface area contributed by atoms with Crippen molar-refractivity contribution < 1.29 is 9.59 Å². The summed E-state index contributed by atoms with van der Waals surface area (Å²) >= 11 is 7.67. The predicted octanol–water partition coefficient (Wildman–Crippen LogP) is 7.22. The third-order valence-electron chi connectivity index (χ3n) is 6.09. The van der Waals surface area contributed by atoms with Crippen LogP contribution >= 0.6 is 22.9 Å². The number of thiophene rings is 1. The summed E-state index contributed by atoms with van der Waals surface area (Å²) in [6, 6.07) is 17.7. The Morgan fingerprint density at radius 1 is 0.857 bits per heavy atom. The molecule has 0 aliphatic heterocycles. The number of carbonyl (C=O) groups excluding carboxylic acids is 2. The molecule has 1 amide bonds. The van der Waals surface area contributed by atoms with Gasteiger partial charge in [0, 0.05) is 10.4 Å². The molecule has 0 saturated carbocycles. The number of hydrogen-bond donors (Lipinski definition) is 2. The van der Waals surface area contributed by atoms with E-state index in [9.17, 15) is 9.59 Å². The summed E-state index contributed by atoms with van der Waals surface area (Å²) in [6.45, 7) is 2.11. The number of anilines is 1. The normalized spacial score (nSPS) is 10.9. The van der Waals surface area contributed by atoms with E-state index in [1.165, 1.54) is 61.0 Å². The number of halogens is 1. The Morgan fingerprint density at radius 2 is 1.51 bits per heavy atom. The van der Waals surface area contributed by atoms with Crippen LogP contribution in [0.1, 0.15) is 77.4 Å². The zero-order valence-corrected chi connectivity index (χ0v) is 22.0. The van der Waals surface area contributed by atoms with E-state index in [1.54, 1.807) is 24.3 Å². The van der Waals surface area contributed by atoms with Gasteiger partial charge in [-0.25, -0.2) is 0 Å². The Morgan fingerprint density at radius 3 is 2.20 bits per heavy atom. The van der Waals surface area contributed by atoms with Crippen LogP contribution in [0.2, 0.25) is 5.02 Å². The summed E-state index contributed by atoms with van der Waals surface area (Å²) in [5, 5.41) is 3.70. The Hall–Kier alpha value is -2.47. The number of aryl methyl sites for hydroxylation is 3. The molecule has 0 fully saturated rings. The van der Waals surface area contributed by atoms with Crippen molar-refractivity contribution in [1.29, 1.82) is 0 Å². The van der Waals surface area contributed by atoms with Crippen LogP contribution in [0.3, 0.4) is 0 Å². The molecular formula is C29H35ClN2O2S. The van der Waals surface area contributed by atoms with E-state index in [0.29, 0.717) is 21.2 Å². The van der Waals surface area contributed by atoms with E-state index in [2.05, 4.69) is 36.5 Å². The van der Waals surface area contributed by atoms with E-state index in [4.69, 9.17) is 17.3 Å². The van der Waals surface area contributed by atoms with Crippen molar-refractivity contribution in [3.63, 3.8) is 0 Å². The lowest BCUT2D eigenvalue weighted by Gasteiger charge is -2.05. The lowest BCUT2D eigenvalue weighted by Crippen LogP contribution is -2.22. The molecule has 0 aliphatic carbocycles. The van der Waals surface area contributed by atoms with Crippen LogP contribution in [0.5, 0.6) is 0 Å². The molecule has 186 valence electrons. The standard InChI is InChI=1S/C29H35ClN2O2S/c1-2-3-4-5-6-7-10-21-13-15-22(16-14-21)17-18-23-19-25(29(35-23)32-27(33)20-31)28(34)24-11-8-9-12-26(24)30/h8-9,11-16,19H,2-7,10,17-18,20,31H2,1H3,(H,32,33). The number of nitrogens with one attached hydrogen (secondary N) is 1. The number of rotatable bonds is 14. The maximum atomic E-state index is 13.2. The second-order valence-corrected chi connectivity index (χ2v) is 10.4. The van der Waals surface area contributed by atoms with Crippen LogP contribution in [0, 0.1) is 0 Å². The minimum Gasteiger partial charge on any atom is -0.322 e. The average Bonchev–Trinajstić information content (AvgIpc) is 3.27. The molecule has 0 atom stereocenters. The fourth-order valence-corrected chi connectivity index (χ4v) is 5.34. The van der Waals surface area contributed by atoms with Gasteiger partial charge in [-0.2, -0.15) is 0 Å². The van der Waals surface area contributed by atoms with Crippen molar-refractivity contribution in [2.75, 3.05) is 11.9 Å². The van der Waals surface area contributed by atoms with Gasteiger partial charge in [0.1, 0.15) is 5.00 Å². The smallest absolute Gasteiger partial charge is 0.238 e. The van der Waals surface area contributed by atoms with Crippen LogP contribution < -0.4 is 11.1 Å². The maximum absolute atomic E-state index is 13.2. The predicted molar refractivity (Wildman–Crippen MR) is 148 cm³/mol. The first kappa shape index (κ1) is 27.1. The maximum Gasteiger partial charge on any atom is 0.238 e. The summed E-state index contributed by atoms with van der Waals surface area (Å²) in [5.74, 6) is -0.531. The molecule has 4 nitrogen and oxygen atoms in total. The molecule has 6 heteroatoms. The molecule has 3 aromatic rings. The quantitative estimate of drug-likeness (QED) is 0.177. The highest BCUT2D eigenvalue weighted by atomic mass is 35.5. The summed E-state index contributed by atoms with van der Waals surface area (Å²) in [6.07, 6.45) is 10.6. The molecule has 0 radical (unpaired) electrons. The number of carbonyl (C=O) groups is 2. The van der Waals surface area contributed by atoms with Crippen molar-refractivity contribution >= 4 is 39.6 Å². The average molecular weight is 511 g/mol. The summed E-state index contributed by atoms with van der Waals surface area (Å²) in [4.78, 5) is 26.2. The monoisotopic (exact) mass is 510 g/mol. The van der Waals surface area contributed by atoms with Crippen molar-refractivity contribution in [1.82, 2.24) is 0 Å². The molecule has 0 spiro atoms. The van der Waals surface area contributed by atoms with E-state index in [-0.39, 0.29) is 18.2 Å². The SMILES string of the molecule is CCCCCCCCc1ccc(CCc2cc(C(=O)c3ccccc3Cl)c(NC(=O)CN)s2)cc1. The number of unbranched alkanes of at least 4 members (excludes halogenated alkanes) is 5. The lowest BCUT2D eigenvalue weighted by molar-refractivity contribution is -0.114. The zero-order valence-electron chi connectivity index (χ0n) is 20.4. The van der Waals surface area contributed by atoms with Gasteiger partial charge in [0.05, 0.1) is 17.1 Å². The molecule has 0 saturated heterocycles. The van der Waals surface area contributed by atoms with Gasteiger partial charge in [0.2, 0.25) is 5.91 Å². The van der Waals surface area contributed by atoms with E-state index in [1.807, 2.05) is 6.07 Å². The Balaban J connectivity index is 1.62. The largest absolute Gasteiger partial charge is 0.322 e. The van der Waals surface area contributed by atoms with Crippen LogP contribution in [0.4, 0.5) is 5.00 Å². The minimum atomic E-state index is -0.326. The molecule has 3 N–H and O–H groups in total. The van der Waals surface area contributed by atoms with E-state index < -0.39 is 0 Å². The lowest BCUT2D eigenvalue weighted by atomic mass is 10.0. The number of benzene rings is 2. The zero-order chi connectivity index (χ0) is 25.0. The van der Waals surface area contributed by atoms with E-state index >= 15 is 0 Å². The Bertz CT molecular complexity index is 1110. The highest BCUT2D eigenvalue weighted by molar-refractivity contribution is 7.16. The third-order valence-corrected chi connectivity index (χ3v) is 7.53. The first-order chi connectivity index (χ1) is 17.0. The first-order valence-corrected chi connectivity index (χ1v) is 13.7. The topological polar surface area (TPSA) is 72.2 Å². The van der Waals surface area contributed by atoms with Crippen LogP contribution in [0.15, 0.2) is 54.6 Å². The fraction of sp³-hybridized carbons (Fsp3) is 0.379. The Kier molecular flexibility index (Phi) is 11.0. The van der Waals surface area contributed by atoms with Gasteiger partial charge in [-0.3, -0.25) is 9.59 Å². The van der Waals surface area contributed by atoms with Crippen LogP contribution in [-0.2, 0) is 24.1 Å². The van der Waals surface area contributed by atoms with Crippen molar-refractivity contribution in [2.45, 2.75) is 64.7 Å². The summed E-state index contributed by atoms with van der Waals surface area (Å²) in [7, 11) is 0. The van der Waals surface area contributed by atoms with Crippen molar-refractivity contribution in [3.8, 4) is 0 Å². The highest BCUT2D eigenvalue weighted by Crippen LogP contribution is 2.32. The van der Waals surface area contributed by atoms with Crippen LogP contribution in [-0.4, -0.2) is 18.2 Å². The number of amides is 1. The molecule has 0 unspecified atom stereocenters. The van der Waals surface area contributed by atoms with Gasteiger partial charge in [-0.1, -0.05) is 87.0 Å². The molecule has 3 rings (SSSR count). The summed E-state index contributed by atoms with van der Waals surface area (Å²) in [5.41, 5.74) is 9.00. The van der Waals surface area contributed by atoms with Gasteiger partial charge < -0.3 is 11.1 Å². The fourth-order valence-electron chi connectivity index (χ4n) is 4.04. The minimum absolute atomic E-state index is 0.141. The van der Waals surface area contributed by atoms with Crippen molar-refractivity contribution in [2.24, 2.45) is 5.73 Å². The third kappa shape index (κ3) is 8.31. The molecule has 1 heterocycles. The molecule has 35 heavy (non-hydrogen) atoms. The van der Waals surface area contributed by atoms with Gasteiger partial charge in [-0.05, 0) is 55.0 Å². The number of ketones is 1. The Labute approximate surface area is 217 Å². The number of hydrogen-bond acceptors (Lipinski definition) is 4. The molecular weight excluding hydrogens is 476 g/mol. The van der Waals surface area contributed by atoms with Crippen LogP contribution in [0.25, 0.3) is 0 Å².